The van der Waals surface area contributed by atoms with Gasteiger partial charge in [0, 0.05) is 15.7 Å². The number of aliphatic carboxylic acids is 1. The number of hydrogen-bond acceptors (Lipinski definition) is 4. The van der Waals surface area contributed by atoms with Crippen LogP contribution in [0, 0.1) is 19.6 Å². The summed E-state index contributed by atoms with van der Waals surface area (Å²) in [6, 6.07) is 4.64. The van der Waals surface area contributed by atoms with Gasteiger partial charge in [-0.05, 0) is 47.6 Å². The highest BCUT2D eigenvalue weighted by Crippen LogP contribution is 2.33. The molecular weight excluding hydrogens is 363 g/mol. The average molecular weight is 376 g/mol. The van der Waals surface area contributed by atoms with Crippen LogP contribution in [0.3, 0.4) is 0 Å². The maximum Gasteiger partial charge on any atom is 0.308 e. The van der Waals surface area contributed by atoms with Crippen molar-refractivity contribution in [3.05, 3.63) is 31.9 Å². The Labute approximate surface area is 123 Å². The van der Waals surface area contributed by atoms with Crippen LogP contribution in [0.15, 0.2) is 18.2 Å². The lowest BCUT2D eigenvalue weighted by Gasteiger charge is -2.18. The Hall–Kier alpha value is -1.38. The maximum atomic E-state index is 11.1. The zero-order valence-electron chi connectivity index (χ0n) is 10.0. The van der Waals surface area contributed by atoms with Crippen LogP contribution in [0.25, 0.3) is 0 Å². The van der Waals surface area contributed by atoms with Gasteiger partial charge in [0.2, 0.25) is 0 Å². The molecule has 1 aliphatic rings. The minimum absolute atomic E-state index is 0.0112. The van der Waals surface area contributed by atoms with E-state index in [9.17, 15) is 14.9 Å². The number of nitrogens with zero attached hydrogens (tertiary/aromatic N) is 1. The van der Waals surface area contributed by atoms with Gasteiger partial charge in [-0.2, -0.15) is 0 Å². The van der Waals surface area contributed by atoms with E-state index in [-0.39, 0.29) is 11.7 Å². The Morgan fingerprint density at radius 2 is 2.21 bits per heavy atom. The zero-order chi connectivity index (χ0) is 14.0. The Morgan fingerprint density at radius 1 is 1.47 bits per heavy atom. The highest BCUT2D eigenvalue weighted by molar-refractivity contribution is 14.1. The van der Waals surface area contributed by atoms with Crippen molar-refractivity contribution in [2.45, 2.75) is 25.3 Å². The molecule has 0 saturated heterocycles. The van der Waals surface area contributed by atoms with Gasteiger partial charge in [-0.15, -0.1) is 0 Å². The third-order valence-electron chi connectivity index (χ3n) is 3.33. The van der Waals surface area contributed by atoms with Gasteiger partial charge in [0.25, 0.3) is 5.69 Å². The second-order valence-electron chi connectivity index (χ2n) is 4.55. The van der Waals surface area contributed by atoms with Crippen LogP contribution < -0.4 is 5.32 Å². The van der Waals surface area contributed by atoms with Crippen LogP contribution in [-0.2, 0) is 4.79 Å². The molecule has 0 radical (unpaired) electrons. The van der Waals surface area contributed by atoms with Crippen molar-refractivity contribution in [1.82, 2.24) is 0 Å². The van der Waals surface area contributed by atoms with E-state index < -0.39 is 16.8 Å². The number of nitrogens with one attached hydrogen (secondary N) is 1. The molecule has 2 N–H and O–H groups in total. The molecule has 1 aliphatic carbocycles. The third-order valence-corrected chi connectivity index (χ3v) is 4.00. The summed E-state index contributed by atoms with van der Waals surface area (Å²) >= 11 is 2.01. The molecule has 0 aliphatic heterocycles. The number of carboxylic acid groups (broad SMARTS) is 1. The van der Waals surface area contributed by atoms with Gasteiger partial charge in [-0.25, -0.2) is 0 Å². The lowest BCUT2D eigenvalue weighted by atomic mass is 10.0. The fourth-order valence-electron chi connectivity index (χ4n) is 2.41. The fourth-order valence-corrected chi connectivity index (χ4v) is 2.88. The number of carbonyl (C=O) groups is 1. The topological polar surface area (TPSA) is 92.5 Å². The van der Waals surface area contributed by atoms with Gasteiger partial charge in [0.05, 0.1) is 10.8 Å². The number of halogens is 1. The minimum atomic E-state index is -0.844. The molecule has 0 heterocycles. The largest absolute Gasteiger partial charge is 0.481 e. The number of nitro benzene ring substituents is 1. The normalized spacial score (nSPS) is 22.2. The van der Waals surface area contributed by atoms with Crippen molar-refractivity contribution in [1.29, 1.82) is 0 Å². The van der Waals surface area contributed by atoms with E-state index in [1.54, 1.807) is 12.1 Å². The molecule has 1 fully saturated rings. The molecule has 0 aromatic heterocycles. The first-order chi connectivity index (χ1) is 8.99. The second kappa shape index (κ2) is 5.72. The summed E-state index contributed by atoms with van der Waals surface area (Å²) in [5.41, 5.74) is 0.381. The number of anilines is 1. The van der Waals surface area contributed by atoms with Crippen LogP contribution in [-0.4, -0.2) is 22.0 Å². The average Bonchev–Trinajstić information content (AvgIpc) is 2.79. The second-order valence-corrected chi connectivity index (χ2v) is 5.79. The Kier molecular flexibility index (Phi) is 4.23. The van der Waals surface area contributed by atoms with Gasteiger partial charge in [-0.3, -0.25) is 14.9 Å². The van der Waals surface area contributed by atoms with Crippen molar-refractivity contribution in [3.8, 4) is 0 Å². The summed E-state index contributed by atoms with van der Waals surface area (Å²) in [5, 5.41) is 23.1. The van der Waals surface area contributed by atoms with Gasteiger partial charge < -0.3 is 10.4 Å². The van der Waals surface area contributed by atoms with Crippen LogP contribution in [0.1, 0.15) is 19.3 Å². The summed E-state index contributed by atoms with van der Waals surface area (Å²) in [4.78, 5) is 21.7. The standard InChI is InChI=1S/C12H13IN2O4/c13-7-4-5-10(11(6-7)15(18)19)14-9-3-1-2-8(9)12(16)17/h4-6,8-9,14H,1-3H2,(H,16,17). The molecule has 1 aromatic rings. The molecule has 1 aromatic carbocycles. The molecule has 6 nitrogen and oxygen atoms in total. The van der Waals surface area contributed by atoms with Crippen LogP contribution in [0.4, 0.5) is 11.4 Å². The maximum absolute atomic E-state index is 11.1. The number of benzene rings is 1. The smallest absolute Gasteiger partial charge is 0.308 e. The van der Waals surface area contributed by atoms with Crippen LogP contribution in [0.5, 0.6) is 0 Å². The molecule has 0 bridgehead atoms. The summed E-state index contributed by atoms with van der Waals surface area (Å²) in [6.45, 7) is 0. The molecule has 2 atom stereocenters. The lowest BCUT2D eigenvalue weighted by Crippen LogP contribution is -2.30. The van der Waals surface area contributed by atoms with E-state index in [2.05, 4.69) is 5.32 Å². The first-order valence-corrected chi connectivity index (χ1v) is 7.00. The van der Waals surface area contributed by atoms with E-state index in [4.69, 9.17) is 5.11 Å². The van der Waals surface area contributed by atoms with Crippen molar-refractivity contribution < 1.29 is 14.8 Å². The molecule has 19 heavy (non-hydrogen) atoms. The molecule has 0 spiro atoms. The van der Waals surface area contributed by atoms with E-state index >= 15 is 0 Å². The van der Waals surface area contributed by atoms with E-state index in [0.717, 1.165) is 16.4 Å². The molecule has 2 rings (SSSR count). The molecule has 102 valence electrons. The van der Waals surface area contributed by atoms with Crippen molar-refractivity contribution >= 4 is 39.9 Å². The molecule has 2 unspecified atom stereocenters. The molecule has 1 saturated carbocycles. The number of nitro groups is 1. The predicted octanol–water partition coefficient (Wildman–Crippen LogP) is 2.86. The Balaban J connectivity index is 2.23. The van der Waals surface area contributed by atoms with Crippen molar-refractivity contribution in [2.24, 2.45) is 5.92 Å². The van der Waals surface area contributed by atoms with Crippen molar-refractivity contribution in [2.75, 3.05) is 5.32 Å². The third kappa shape index (κ3) is 3.14. The summed E-state index contributed by atoms with van der Waals surface area (Å²) < 4.78 is 0.774. The van der Waals surface area contributed by atoms with Gasteiger partial charge >= 0.3 is 5.97 Å². The predicted molar refractivity (Wildman–Crippen MR) is 78.2 cm³/mol. The number of carboxylic acids is 1. The number of hydrogen-bond donors (Lipinski definition) is 2. The Morgan fingerprint density at radius 3 is 2.84 bits per heavy atom. The molecular formula is C12H13IN2O4. The zero-order valence-corrected chi connectivity index (χ0v) is 12.2. The van der Waals surface area contributed by atoms with Crippen LogP contribution in [0.2, 0.25) is 0 Å². The van der Waals surface area contributed by atoms with Gasteiger partial charge in [0.1, 0.15) is 5.69 Å². The van der Waals surface area contributed by atoms with E-state index in [1.165, 1.54) is 6.07 Å². The lowest BCUT2D eigenvalue weighted by molar-refractivity contribution is -0.384. The van der Waals surface area contributed by atoms with E-state index in [0.29, 0.717) is 12.1 Å². The summed E-state index contributed by atoms with van der Waals surface area (Å²) in [6.07, 6.45) is 2.16. The molecule has 0 amide bonds. The minimum Gasteiger partial charge on any atom is -0.481 e. The summed E-state index contributed by atoms with van der Waals surface area (Å²) in [5.74, 6) is -1.32. The summed E-state index contributed by atoms with van der Waals surface area (Å²) in [7, 11) is 0. The number of rotatable bonds is 4. The van der Waals surface area contributed by atoms with Gasteiger partial charge in [0.15, 0.2) is 0 Å². The SMILES string of the molecule is O=C(O)C1CCCC1Nc1ccc(I)cc1[N+](=O)[O-]. The van der Waals surface area contributed by atoms with Crippen molar-refractivity contribution in [3.63, 3.8) is 0 Å². The fraction of sp³-hybridized carbons (Fsp3) is 0.417. The first kappa shape index (κ1) is 14.0. The van der Waals surface area contributed by atoms with Crippen LogP contribution >= 0.6 is 22.6 Å². The quantitative estimate of drug-likeness (QED) is 0.479. The first-order valence-electron chi connectivity index (χ1n) is 5.92. The monoisotopic (exact) mass is 376 g/mol. The van der Waals surface area contributed by atoms with E-state index in [1.807, 2.05) is 22.6 Å². The highest BCUT2D eigenvalue weighted by Gasteiger charge is 2.33. The Bertz CT molecular complexity index is 520. The molecule has 7 heteroatoms. The van der Waals surface area contributed by atoms with Gasteiger partial charge in [-0.1, -0.05) is 6.42 Å². The highest BCUT2D eigenvalue weighted by atomic mass is 127.